The topological polar surface area (TPSA) is 80.7 Å². The molecule has 0 aliphatic carbocycles. The second-order valence-corrected chi connectivity index (χ2v) is 11.2. The average Bonchev–Trinajstić information content (AvgIpc) is 3.23. The van der Waals surface area contributed by atoms with Crippen LogP contribution < -0.4 is 10.8 Å². The standard InChI is InChI=1S/C23H33BN2O4S/c1-14-11-15(24-29-22(5,6)23(7,8)30-24)9-10-16(14)17(13-27)26-19(28)18-12-25-20(31-18)21(2,3)4/h9-12,17,27H,13H2,1-8H3,(H,26,28). The van der Waals surface area contributed by atoms with E-state index in [9.17, 15) is 9.90 Å². The molecule has 31 heavy (non-hydrogen) atoms. The molecule has 2 heterocycles. The van der Waals surface area contributed by atoms with Gasteiger partial charge in [-0.1, -0.05) is 39.0 Å². The number of hydrogen-bond donors (Lipinski definition) is 2. The zero-order valence-corrected chi connectivity index (χ0v) is 20.5. The summed E-state index contributed by atoms with van der Waals surface area (Å²) in [7, 11) is -0.451. The van der Waals surface area contributed by atoms with Gasteiger partial charge in [0, 0.05) is 5.41 Å². The molecule has 1 aliphatic heterocycles. The zero-order chi connectivity index (χ0) is 23.2. The van der Waals surface area contributed by atoms with Crippen LogP contribution in [0.15, 0.2) is 24.4 Å². The molecule has 1 aromatic heterocycles. The fourth-order valence-corrected chi connectivity index (χ4v) is 4.27. The number of carbonyl (C=O) groups excluding carboxylic acids is 1. The quantitative estimate of drug-likeness (QED) is 0.690. The van der Waals surface area contributed by atoms with Gasteiger partial charge in [-0.3, -0.25) is 4.79 Å². The zero-order valence-electron chi connectivity index (χ0n) is 19.7. The Morgan fingerprint density at radius 3 is 2.32 bits per heavy atom. The molecule has 2 N–H and O–H groups in total. The number of aryl methyl sites for hydroxylation is 1. The van der Waals surface area contributed by atoms with Gasteiger partial charge in [-0.15, -0.1) is 11.3 Å². The number of benzene rings is 1. The first kappa shape index (κ1) is 23.9. The molecular weight excluding hydrogens is 411 g/mol. The van der Waals surface area contributed by atoms with Crippen LogP contribution in [0.2, 0.25) is 0 Å². The van der Waals surface area contributed by atoms with Crippen LogP contribution in [-0.4, -0.2) is 40.9 Å². The molecule has 2 aromatic rings. The van der Waals surface area contributed by atoms with Crippen LogP contribution in [0.5, 0.6) is 0 Å². The number of nitrogens with one attached hydrogen (secondary N) is 1. The summed E-state index contributed by atoms with van der Waals surface area (Å²) in [6.45, 7) is 16.0. The highest BCUT2D eigenvalue weighted by atomic mass is 32.1. The van der Waals surface area contributed by atoms with Crippen molar-refractivity contribution in [2.24, 2.45) is 0 Å². The Hall–Kier alpha value is -1.74. The van der Waals surface area contributed by atoms with E-state index in [-0.39, 0.29) is 17.9 Å². The Kier molecular flexibility index (Phi) is 6.42. The second kappa shape index (κ2) is 8.32. The number of amides is 1. The molecule has 0 spiro atoms. The summed E-state index contributed by atoms with van der Waals surface area (Å²) in [5.74, 6) is -0.235. The molecule has 1 atom stereocenters. The van der Waals surface area contributed by atoms with Crippen molar-refractivity contribution in [1.82, 2.24) is 10.3 Å². The first-order valence-corrected chi connectivity index (χ1v) is 11.4. The molecule has 0 saturated carbocycles. The molecule has 1 saturated heterocycles. The predicted octanol–water partition coefficient (Wildman–Crippen LogP) is 3.51. The third-order valence-electron chi connectivity index (χ3n) is 6.05. The van der Waals surface area contributed by atoms with E-state index in [2.05, 4.69) is 31.1 Å². The number of thiazole rings is 1. The lowest BCUT2D eigenvalue weighted by molar-refractivity contribution is 0.00578. The minimum atomic E-state index is -0.514. The van der Waals surface area contributed by atoms with Gasteiger partial charge in [0.25, 0.3) is 5.91 Å². The Balaban J connectivity index is 1.77. The lowest BCUT2D eigenvalue weighted by Gasteiger charge is -2.32. The van der Waals surface area contributed by atoms with Gasteiger partial charge in [-0.25, -0.2) is 4.98 Å². The Labute approximate surface area is 189 Å². The molecule has 1 amide bonds. The molecular formula is C23H33BN2O4S. The fraction of sp³-hybridized carbons (Fsp3) is 0.565. The SMILES string of the molecule is Cc1cc(B2OC(C)(C)C(C)(C)O2)ccc1C(CO)NC(=O)c1cnc(C(C)(C)C)s1. The number of nitrogens with zero attached hydrogens (tertiary/aromatic N) is 1. The molecule has 6 nitrogen and oxygen atoms in total. The van der Waals surface area contributed by atoms with Crippen molar-refractivity contribution in [2.75, 3.05) is 6.61 Å². The summed E-state index contributed by atoms with van der Waals surface area (Å²) in [4.78, 5) is 17.7. The van der Waals surface area contributed by atoms with Crippen LogP contribution in [0.3, 0.4) is 0 Å². The fourth-order valence-electron chi connectivity index (χ4n) is 3.39. The molecule has 1 aromatic carbocycles. The van der Waals surface area contributed by atoms with Crippen LogP contribution in [0, 0.1) is 6.92 Å². The third-order valence-corrected chi connectivity index (χ3v) is 7.48. The number of aliphatic hydroxyl groups is 1. The minimum absolute atomic E-state index is 0.112. The molecule has 1 aliphatic rings. The number of rotatable bonds is 5. The molecule has 0 bridgehead atoms. The van der Waals surface area contributed by atoms with Gasteiger partial charge in [0.1, 0.15) is 4.88 Å². The summed E-state index contributed by atoms with van der Waals surface area (Å²) in [5, 5.41) is 13.8. The van der Waals surface area contributed by atoms with Crippen LogP contribution >= 0.6 is 11.3 Å². The monoisotopic (exact) mass is 444 g/mol. The van der Waals surface area contributed by atoms with Crippen LogP contribution in [0.1, 0.15) is 80.3 Å². The molecule has 3 rings (SSSR count). The van der Waals surface area contributed by atoms with Gasteiger partial charge in [0.15, 0.2) is 0 Å². The van der Waals surface area contributed by atoms with Crippen molar-refractivity contribution in [3.63, 3.8) is 0 Å². The largest absolute Gasteiger partial charge is 0.494 e. The maximum atomic E-state index is 12.8. The molecule has 168 valence electrons. The summed E-state index contributed by atoms with van der Waals surface area (Å²) in [6.07, 6.45) is 1.60. The summed E-state index contributed by atoms with van der Waals surface area (Å²) in [5.41, 5.74) is 1.79. The number of aromatic nitrogens is 1. The number of carbonyl (C=O) groups is 1. The Bertz CT molecular complexity index is 949. The normalized spacial score (nSPS) is 18.8. The van der Waals surface area contributed by atoms with Crippen LogP contribution in [-0.2, 0) is 14.7 Å². The first-order valence-electron chi connectivity index (χ1n) is 10.6. The van der Waals surface area contributed by atoms with Crippen LogP contribution in [0.4, 0.5) is 0 Å². The maximum absolute atomic E-state index is 12.8. The lowest BCUT2D eigenvalue weighted by Crippen LogP contribution is -2.41. The van der Waals surface area contributed by atoms with Crippen molar-refractivity contribution in [1.29, 1.82) is 0 Å². The van der Waals surface area contributed by atoms with Gasteiger partial charge in [0.05, 0.1) is 35.1 Å². The highest BCUT2D eigenvalue weighted by Crippen LogP contribution is 2.36. The van der Waals surface area contributed by atoms with Crippen molar-refractivity contribution in [2.45, 2.75) is 78.0 Å². The van der Waals surface area contributed by atoms with E-state index in [1.165, 1.54) is 11.3 Å². The molecule has 0 radical (unpaired) electrons. The van der Waals surface area contributed by atoms with Crippen LogP contribution in [0.25, 0.3) is 0 Å². The number of aliphatic hydroxyl groups excluding tert-OH is 1. The summed E-state index contributed by atoms with van der Waals surface area (Å²) >= 11 is 1.38. The van der Waals surface area contributed by atoms with Crippen molar-refractivity contribution >= 4 is 29.8 Å². The number of hydrogen-bond acceptors (Lipinski definition) is 6. The lowest BCUT2D eigenvalue weighted by atomic mass is 9.77. The van der Waals surface area contributed by atoms with Gasteiger partial charge >= 0.3 is 7.12 Å². The van der Waals surface area contributed by atoms with E-state index in [1.807, 2.05) is 52.8 Å². The highest BCUT2D eigenvalue weighted by Gasteiger charge is 2.51. The van der Waals surface area contributed by atoms with Crippen molar-refractivity contribution < 1.29 is 19.2 Å². The minimum Gasteiger partial charge on any atom is -0.399 e. The summed E-state index contributed by atoms with van der Waals surface area (Å²) < 4.78 is 12.3. The Morgan fingerprint density at radius 1 is 1.23 bits per heavy atom. The van der Waals surface area contributed by atoms with Crippen molar-refractivity contribution in [3.05, 3.63) is 45.4 Å². The second-order valence-electron chi connectivity index (χ2n) is 10.2. The maximum Gasteiger partial charge on any atom is 0.494 e. The highest BCUT2D eigenvalue weighted by molar-refractivity contribution is 7.13. The van der Waals surface area contributed by atoms with E-state index in [4.69, 9.17) is 9.31 Å². The van der Waals surface area contributed by atoms with E-state index >= 15 is 0 Å². The average molecular weight is 444 g/mol. The van der Waals surface area contributed by atoms with E-state index in [0.717, 1.165) is 21.6 Å². The molecule has 8 heteroatoms. The molecule has 1 unspecified atom stereocenters. The molecule has 1 fully saturated rings. The summed E-state index contributed by atoms with van der Waals surface area (Å²) in [6, 6.07) is 5.34. The van der Waals surface area contributed by atoms with Gasteiger partial charge in [-0.05, 0) is 51.2 Å². The van der Waals surface area contributed by atoms with Gasteiger partial charge < -0.3 is 19.7 Å². The Morgan fingerprint density at radius 2 is 1.84 bits per heavy atom. The predicted molar refractivity (Wildman–Crippen MR) is 125 cm³/mol. The first-order chi connectivity index (χ1) is 14.2. The van der Waals surface area contributed by atoms with E-state index in [0.29, 0.717) is 4.88 Å². The smallest absolute Gasteiger partial charge is 0.399 e. The third kappa shape index (κ3) is 4.87. The van der Waals surface area contributed by atoms with Gasteiger partial charge in [0.2, 0.25) is 0 Å². The van der Waals surface area contributed by atoms with Crippen molar-refractivity contribution in [3.8, 4) is 0 Å². The van der Waals surface area contributed by atoms with E-state index in [1.54, 1.807) is 6.20 Å². The van der Waals surface area contributed by atoms with Gasteiger partial charge in [-0.2, -0.15) is 0 Å². The van der Waals surface area contributed by atoms with E-state index < -0.39 is 24.4 Å².